The molecule has 5 nitrogen and oxygen atoms in total. The van der Waals surface area contributed by atoms with Gasteiger partial charge in [-0.2, -0.15) is 15.0 Å². The molecule has 0 atom stereocenters. The van der Waals surface area contributed by atoms with Gasteiger partial charge in [0.05, 0.1) is 5.75 Å². The van der Waals surface area contributed by atoms with Gasteiger partial charge in [-0.05, 0) is 23.2 Å². The Morgan fingerprint density at radius 2 is 1.85 bits per heavy atom. The number of halogens is 2. The van der Waals surface area contributed by atoms with Crippen LogP contribution in [0.4, 0.5) is 0 Å². The van der Waals surface area contributed by atoms with E-state index in [9.17, 15) is 4.79 Å². The van der Waals surface area contributed by atoms with E-state index >= 15 is 0 Å². The minimum Gasteiger partial charge on any atom is -0.481 e. The van der Waals surface area contributed by atoms with Gasteiger partial charge in [-0.3, -0.25) is 4.79 Å². The number of rotatable bonds is 3. The van der Waals surface area contributed by atoms with E-state index in [1.807, 2.05) is 0 Å². The summed E-state index contributed by atoms with van der Waals surface area (Å²) in [6.45, 7) is 0. The second kappa shape index (κ2) is 4.59. The minimum absolute atomic E-state index is 0.0483. The Morgan fingerprint density at radius 3 is 2.31 bits per heavy atom. The van der Waals surface area contributed by atoms with Crippen molar-refractivity contribution in [2.75, 3.05) is 5.75 Å². The van der Waals surface area contributed by atoms with Crippen LogP contribution in [0.2, 0.25) is 10.6 Å². The lowest BCUT2D eigenvalue weighted by atomic mass is 10.8. The number of hydrogen-bond acceptors (Lipinski definition) is 5. The molecule has 0 unspecified atom stereocenters. The van der Waals surface area contributed by atoms with Gasteiger partial charge in [-0.15, -0.1) is 0 Å². The van der Waals surface area contributed by atoms with Crippen LogP contribution in [0.5, 0.6) is 0 Å². The third kappa shape index (κ3) is 3.75. The SMILES string of the molecule is O=C(O)CSc1nc(Cl)nc(Cl)n1. The first-order valence-corrected chi connectivity index (χ1v) is 4.74. The third-order valence-corrected chi connectivity index (χ3v) is 2.06. The van der Waals surface area contributed by atoms with Gasteiger partial charge < -0.3 is 5.11 Å². The van der Waals surface area contributed by atoms with Crippen molar-refractivity contribution in [1.29, 1.82) is 0 Å². The molecule has 0 fully saturated rings. The molecule has 1 N–H and O–H groups in total. The second-order valence-corrected chi connectivity index (χ2v) is 3.46. The fourth-order valence-corrected chi connectivity index (χ4v) is 1.52. The fourth-order valence-electron chi connectivity index (χ4n) is 0.500. The van der Waals surface area contributed by atoms with Crippen LogP contribution in [0.3, 0.4) is 0 Å². The average Bonchev–Trinajstić information content (AvgIpc) is 1.99. The van der Waals surface area contributed by atoms with E-state index in [1.54, 1.807) is 0 Å². The molecule has 0 aliphatic rings. The first-order valence-electron chi connectivity index (χ1n) is 2.99. The van der Waals surface area contributed by atoms with Crippen LogP contribution in [-0.2, 0) is 4.79 Å². The first-order chi connectivity index (χ1) is 6.08. The molecule has 0 saturated heterocycles. The van der Waals surface area contributed by atoms with Gasteiger partial charge >= 0.3 is 5.97 Å². The molecule has 0 radical (unpaired) electrons. The van der Waals surface area contributed by atoms with Crippen molar-refractivity contribution in [3.8, 4) is 0 Å². The molecule has 0 bridgehead atoms. The summed E-state index contributed by atoms with van der Waals surface area (Å²) in [5.74, 6) is -1.10. The molecule has 1 aromatic rings. The molecule has 8 heteroatoms. The Hall–Kier alpha value is -0.590. The van der Waals surface area contributed by atoms with E-state index in [0.29, 0.717) is 0 Å². The van der Waals surface area contributed by atoms with Crippen LogP contribution in [0.15, 0.2) is 5.16 Å². The van der Waals surface area contributed by atoms with Crippen LogP contribution in [0.1, 0.15) is 0 Å². The second-order valence-electron chi connectivity index (χ2n) is 1.84. The van der Waals surface area contributed by atoms with Crippen LogP contribution in [0, 0.1) is 0 Å². The normalized spacial score (nSPS) is 10.0. The van der Waals surface area contributed by atoms with Crippen molar-refractivity contribution in [3.05, 3.63) is 10.6 Å². The van der Waals surface area contributed by atoms with Crippen molar-refractivity contribution in [1.82, 2.24) is 15.0 Å². The maximum Gasteiger partial charge on any atom is 0.313 e. The molecule has 0 aliphatic carbocycles. The smallest absolute Gasteiger partial charge is 0.313 e. The molecule has 0 saturated carbocycles. The summed E-state index contributed by atoms with van der Waals surface area (Å²) in [6, 6.07) is 0. The molecule has 0 spiro atoms. The number of nitrogens with zero attached hydrogens (tertiary/aromatic N) is 3. The number of aromatic nitrogens is 3. The highest BCUT2D eigenvalue weighted by molar-refractivity contribution is 7.99. The lowest BCUT2D eigenvalue weighted by Crippen LogP contribution is -2.00. The van der Waals surface area contributed by atoms with E-state index in [4.69, 9.17) is 28.3 Å². The van der Waals surface area contributed by atoms with E-state index in [0.717, 1.165) is 11.8 Å². The summed E-state index contributed by atoms with van der Waals surface area (Å²) in [5, 5.41) is 8.46. The van der Waals surface area contributed by atoms with E-state index in [-0.39, 0.29) is 21.5 Å². The van der Waals surface area contributed by atoms with Gasteiger partial charge in [0.25, 0.3) is 0 Å². The molecule has 0 amide bonds. The van der Waals surface area contributed by atoms with E-state index in [2.05, 4.69) is 15.0 Å². The summed E-state index contributed by atoms with van der Waals surface area (Å²) in [4.78, 5) is 21.0. The Morgan fingerprint density at radius 1 is 1.31 bits per heavy atom. The van der Waals surface area contributed by atoms with E-state index < -0.39 is 5.97 Å². The van der Waals surface area contributed by atoms with Gasteiger partial charge in [-0.25, -0.2) is 0 Å². The largest absolute Gasteiger partial charge is 0.481 e. The highest BCUT2D eigenvalue weighted by atomic mass is 35.5. The number of aliphatic carboxylic acids is 1. The zero-order valence-corrected chi connectivity index (χ0v) is 8.40. The van der Waals surface area contributed by atoms with Crippen molar-refractivity contribution in [2.24, 2.45) is 0 Å². The van der Waals surface area contributed by atoms with Crippen LogP contribution in [0.25, 0.3) is 0 Å². The Bertz CT molecular complexity index is 315. The summed E-state index contributed by atoms with van der Waals surface area (Å²) < 4.78 is 0. The van der Waals surface area contributed by atoms with Gasteiger partial charge in [0.2, 0.25) is 10.6 Å². The molecular formula is C5H3Cl2N3O2S. The summed E-state index contributed by atoms with van der Waals surface area (Å²) in [5.41, 5.74) is 0. The Balaban J connectivity index is 2.71. The molecule has 0 aliphatic heterocycles. The topological polar surface area (TPSA) is 76.0 Å². The molecule has 1 aromatic heterocycles. The summed E-state index contributed by atoms with van der Waals surface area (Å²) >= 11 is 11.8. The number of carboxylic acid groups (broad SMARTS) is 1. The third-order valence-electron chi connectivity index (χ3n) is 0.885. The molecular weight excluding hydrogens is 237 g/mol. The maximum atomic E-state index is 10.2. The zero-order chi connectivity index (χ0) is 9.84. The molecule has 13 heavy (non-hydrogen) atoms. The van der Waals surface area contributed by atoms with Crippen molar-refractivity contribution in [2.45, 2.75) is 5.16 Å². The van der Waals surface area contributed by atoms with Crippen LogP contribution >= 0.6 is 35.0 Å². The summed E-state index contributed by atoms with van der Waals surface area (Å²) in [6.07, 6.45) is 0. The van der Waals surface area contributed by atoms with Crippen LogP contribution in [-0.4, -0.2) is 31.8 Å². The van der Waals surface area contributed by atoms with Crippen molar-refractivity contribution in [3.63, 3.8) is 0 Å². The fraction of sp³-hybridized carbons (Fsp3) is 0.200. The standard InChI is InChI=1S/C5H3Cl2N3O2S/c6-3-8-4(7)10-5(9-3)13-1-2(11)12/h1H2,(H,11,12). The van der Waals surface area contributed by atoms with Gasteiger partial charge in [0, 0.05) is 0 Å². The van der Waals surface area contributed by atoms with Crippen LogP contribution < -0.4 is 0 Å². The molecule has 70 valence electrons. The van der Waals surface area contributed by atoms with Crippen molar-refractivity contribution < 1.29 is 9.90 Å². The Labute approximate surface area is 87.5 Å². The molecule has 1 heterocycles. The Kier molecular flexibility index (Phi) is 3.71. The monoisotopic (exact) mass is 239 g/mol. The number of carbonyl (C=O) groups is 1. The number of hydrogen-bond donors (Lipinski definition) is 1. The van der Waals surface area contributed by atoms with Gasteiger partial charge in [0.15, 0.2) is 5.16 Å². The lowest BCUT2D eigenvalue weighted by molar-refractivity contribution is -0.133. The zero-order valence-electron chi connectivity index (χ0n) is 6.07. The first kappa shape index (κ1) is 10.5. The quantitative estimate of drug-likeness (QED) is 0.803. The molecule has 0 aromatic carbocycles. The van der Waals surface area contributed by atoms with Gasteiger partial charge in [0.1, 0.15) is 0 Å². The highest BCUT2D eigenvalue weighted by Crippen LogP contribution is 2.15. The maximum absolute atomic E-state index is 10.2. The highest BCUT2D eigenvalue weighted by Gasteiger charge is 2.05. The minimum atomic E-state index is -0.961. The molecule has 1 rings (SSSR count). The lowest BCUT2D eigenvalue weighted by Gasteiger charge is -1.96. The average molecular weight is 240 g/mol. The predicted octanol–water partition coefficient (Wildman–Crippen LogP) is 1.36. The van der Waals surface area contributed by atoms with E-state index in [1.165, 1.54) is 0 Å². The number of carboxylic acids is 1. The van der Waals surface area contributed by atoms with Gasteiger partial charge in [-0.1, -0.05) is 11.8 Å². The van der Waals surface area contributed by atoms with Crippen molar-refractivity contribution >= 4 is 40.9 Å². The predicted molar refractivity (Wildman–Crippen MR) is 48.2 cm³/mol. The number of thioether (sulfide) groups is 1. The summed E-state index contributed by atoms with van der Waals surface area (Å²) in [7, 11) is 0.